The Labute approximate surface area is 115 Å². The number of carboxylic acids is 1. The van der Waals surface area contributed by atoms with Crippen molar-refractivity contribution in [1.29, 1.82) is 0 Å². The van der Waals surface area contributed by atoms with Gasteiger partial charge < -0.3 is 10.0 Å². The van der Waals surface area contributed by atoms with E-state index in [1.807, 2.05) is 51.9 Å². The van der Waals surface area contributed by atoms with E-state index >= 15 is 0 Å². The van der Waals surface area contributed by atoms with Gasteiger partial charge in [0.25, 0.3) is 0 Å². The number of hydrogen-bond acceptors (Lipinski definition) is 3. The van der Waals surface area contributed by atoms with Crippen LogP contribution in [0.1, 0.15) is 28.3 Å². The minimum atomic E-state index is -0.825. The number of aliphatic carboxylic acids is 1. The molecule has 0 radical (unpaired) electrons. The van der Waals surface area contributed by atoms with Crippen LogP contribution in [0.4, 0.5) is 0 Å². The topological polar surface area (TPSA) is 52.6 Å². The highest BCUT2D eigenvalue weighted by Crippen LogP contribution is 2.23. The van der Waals surface area contributed by atoms with Crippen molar-refractivity contribution in [2.45, 2.75) is 26.8 Å². The van der Waals surface area contributed by atoms with Crippen molar-refractivity contribution >= 4 is 5.97 Å². The van der Waals surface area contributed by atoms with Crippen molar-refractivity contribution < 1.29 is 9.90 Å². The lowest BCUT2D eigenvalue weighted by Gasteiger charge is -2.21. The molecule has 106 valence electrons. The maximum Gasteiger partial charge on any atom is 0.325 e. The standard InChI is InChI=1S/C15H24N2O2/c1-10-8-11(2)13(12(3)9-10)14(15(18)19)16-6-7-17(4)5/h8-9,14,16H,6-7H2,1-5H3,(H,18,19). The normalized spacial score (nSPS) is 12.7. The fourth-order valence-electron chi connectivity index (χ4n) is 2.39. The van der Waals surface area contributed by atoms with Crippen LogP contribution in [0.25, 0.3) is 0 Å². The third kappa shape index (κ3) is 4.33. The van der Waals surface area contributed by atoms with Gasteiger partial charge >= 0.3 is 5.97 Å². The van der Waals surface area contributed by atoms with Gasteiger partial charge in [-0.1, -0.05) is 17.7 Å². The molecule has 0 aromatic heterocycles. The molecule has 1 atom stereocenters. The third-order valence-corrected chi connectivity index (χ3v) is 3.18. The van der Waals surface area contributed by atoms with Gasteiger partial charge in [-0.25, -0.2) is 0 Å². The summed E-state index contributed by atoms with van der Waals surface area (Å²) in [5.74, 6) is -0.825. The lowest BCUT2D eigenvalue weighted by atomic mass is 9.94. The van der Waals surface area contributed by atoms with Gasteiger partial charge in [0, 0.05) is 13.1 Å². The van der Waals surface area contributed by atoms with Crippen LogP contribution in [0.2, 0.25) is 0 Å². The molecular formula is C15H24N2O2. The molecule has 0 aliphatic rings. The Balaban J connectivity index is 2.97. The number of nitrogens with zero attached hydrogens (tertiary/aromatic N) is 1. The third-order valence-electron chi connectivity index (χ3n) is 3.18. The van der Waals surface area contributed by atoms with Gasteiger partial charge in [0.1, 0.15) is 6.04 Å². The van der Waals surface area contributed by atoms with E-state index < -0.39 is 12.0 Å². The summed E-state index contributed by atoms with van der Waals surface area (Å²) >= 11 is 0. The second kappa shape index (κ2) is 6.68. The van der Waals surface area contributed by atoms with Crippen LogP contribution >= 0.6 is 0 Å². The van der Waals surface area contributed by atoms with Gasteiger partial charge in [0.05, 0.1) is 0 Å². The lowest BCUT2D eigenvalue weighted by molar-refractivity contribution is -0.139. The molecule has 2 N–H and O–H groups in total. The van der Waals surface area contributed by atoms with E-state index in [0.717, 1.165) is 28.8 Å². The molecule has 0 amide bonds. The number of carbonyl (C=O) groups is 1. The largest absolute Gasteiger partial charge is 0.480 e. The highest BCUT2D eigenvalue weighted by Gasteiger charge is 2.22. The van der Waals surface area contributed by atoms with E-state index in [1.165, 1.54) is 0 Å². The first-order valence-electron chi connectivity index (χ1n) is 6.51. The van der Waals surface area contributed by atoms with Crippen molar-refractivity contribution in [3.8, 4) is 0 Å². The van der Waals surface area contributed by atoms with E-state index in [-0.39, 0.29) is 0 Å². The zero-order valence-corrected chi connectivity index (χ0v) is 12.4. The fourth-order valence-corrected chi connectivity index (χ4v) is 2.39. The van der Waals surface area contributed by atoms with Crippen LogP contribution in [-0.4, -0.2) is 43.2 Å². The Kier molecular flexibility index (Phi) is 5.51. The second-order valence-corrected chi connectivity index (χ2v) is 5.34. The molecule has 0 saturated carbocycles. The van der Waals surface area contributed by atoms with Crippen molar-refractivity contribution in [2.24, 2.45) is 0 Å². The Morgan fingerprint density at radius 2 is 1.79 bits per heavy atom. The molecule has 1 unspecified atom stereocenters. The van der Waals surface area contributed by atoms with Crippen molar-refractivity contribution in [1.82, 2.24) is 10.2 Å². The van der Waals surface area contributed by atoms with Crippen LogP contribution in [0.15, 0.2) is 12.1 Å². The van der Waals surface area contributed by atoms with Crippen molar-refractivity contribution in [2.75, 3.05) is 27.2 Å². The quantitative estimate of drug-likeness (QED) is 0.824. The average Bonchev–Trinajstić information content (AvgIpc) is 2.24. The summed E-state index contributed by atoms with van der Waals surface area (Å²) < 4.78 is 0. The first-order valence-corrected chi connectivity index (χ1v) is 6.51. The van der Waals surface area contributed by atoms with Crippen LogP contribution < -0.4 is 5.32 Å². The van der Waals surface area contributed by atoms with Gasteiger partial charge in [-0.2, -0.15) is 0 Å². The molecule has 4 heteroatoms. The molecule has 0 aliphatic heterocycles. The summed E-state index contributed by atoms with van der Waals surface area (Å²) in [5, 5.41) is 12.6. The van der Waals surface area contributed by atoms with Crippen LogP contribution in [0, 0.1) is 20.8 Å². The number of aryl methyl sites for hydroxylation is 3. The Bertz CT molecular complexity index is 432. The Hall–Kier alpha value is -1.39. The first kappa shape index (κ1) is 15.7. The smallest absolute Gasteiger partial charge is 0.325 e. The van der Waals surface area contributed by atoms with Crippen LogP contribution in [0.5, 0.6) is 0 Å². The molecular weight excluding hydrogens is 240 g/mol. The van der Waals surface area contributed by atoms with E-state index in [2.05, 4.69) is 5.32 Å². The zero-order valence-electron chi connectivity index (χ0n) is 12.4. The van der Waals surface area contributed by atoms with Crippen molar-refractivity contribution in [3.63, 3.8) is 0 Å². The lowest BCUT2D eigenvalue weighted by Crippen LogP contribution is -2.34. The first-order chi connectivity index (χ1) is 8.82. The number of rotatable bonds is 6. The highest BCUT2D eigenvalue weighted by atomic mass is 16.4. The zero-order chi connectivity index (χ0) is 14.6. The molecule has 1 aromatic rings. The number of hydrogen-bond donors (Lipinski definition) is 2. The summed E-state index contributed by atoms with van der Waals surface area (Å²) in [4.78, 5) is 13.5. The minimum Gasteiger partial charge on any atom is -0.480 e. The van der Waals surface area contributed by atoms with Gasteiger partial charge in [-0.15, -0.1) is 0 Å². The van der Waals surface area contributed by atoms with E-state index in [0.29, 0.717) is 6.54 Å². The molecule has 19 heavy (non-hydrogen) atoms. The summed E-state index contributed by atoms with van der Waals surface area (Å²) in [7, 11) is 3.94. The Morgan fingerprint density at radius 3 is 2.21 bits per heavy atom. The average molecular weight is 264 g/mol. The maximum atomic E-state index is 11.5. The second-order valence-electron chi connectivity index (χ2n) is 5.34. The minimum absolute atomic E-state index is 0.638. The summed E-state index contributed by atoms with van der Waals surface area (Å²) in [6.45, 7) is 7.43. The fraction of sp³-hybridized carbons (Fsp3) is 0.533. The molecule has 0 heterocycles. The van der Waals surface area contributed by atoms with Crippen LogP contribution in [-0.2, 0) is 4.79 Å². The monoisotopic (exact) mass is 264 g/mol. The van der Waals surface area contributed by atoms with Crippen molar-refractivity contribution in [3.05, 3.63) is 34.4 Å². The number of nitrogens with one attached hydrogen (secondary N) is 1. The summed E-state index contributed by atoms with van der Waals surface area (Å²) in [6.07, 6.45) is 0. The summed E-state index contributed by atoms with van der Waals surface area (Å²) in [5.41, 5.74) is 4.11. The SMILES string of the molecule is Cc1cc(C)c(C(NCCN(C)C)C(=O)O)c(C)c1. The van der Waals surface area contributed by atoms with E-state index in [1.54, 1.807) is 0 Å². The maximum absolute atomic E-state index is 11.5. The predicted octanol–water partition coefficient (Wildman–Crippen LogP) is 1.89. The number of likely N-dealkylation sites (N-methyl/N-ethyl adjacent to an activating group) is 1. The summed E-state index contributed by atoms with van der Waals surface area (Å²) in [6, 6.07) is 3.43. The highest BCUT2D eigenvalue weighted by molar-refractivity contribution is 5.76. The molecule has 1 aromatic carbocycles. The van der Waals surface area contributed by atoms with Gasteiger partial charge in [0.15, 0.2) is 0 Å². The number of benzene rings is 1. The predicted molar refractivity (Wildman–Crippen MR) is 77.6 cm³/mol. The molecule has 0 fully saturated rings. The van der Waals surface area contributed by atoms with Gasteiger partial charge in [0.2, 0.25) is 0 Å². The van der Waals surface area contributed by atoms with Gasteiger partial charge in [-0.05, 0) is 51.6 Å². The molecule has 1 rings (SSSR count). The van der Waals surface area contributed by atoms with Crippen LogP contribution in [0.3, 0.4) is 0 Å². The van der Waals surface area contributed by atoms with E-state index in [4.69, 9.17) is 0 Å². The van der Waals surface area contributed by atoms with E-state index in [9.17, 15) is 9.90 Å². The Morgan fingerprint density at radius 1 is 1.26 bits per heavy atom. The molecule has 0 spiro atoms. The van der Waals surface area contributed by atoms with Gasteiger partial charge in [-0.3, -0.25) is 10.1 Å². The molecule has 0 bridgehead atoms. The molecule has 0 aliphatic carbocycles. The number of carboxylic acid groups (broad SMARTS) is 1. The molecule has 4 nitrogen and oxygen atoms in total. The molecule has 0 saturated heterocycles.